The average Bonchev–Trinajstić information content (AvgIpc) is 2.82. The fraction of sp³-hybridized carbons (Fsp3) is 0.850. The molecule has 0 unspecified atom stereocenters. The summed E-state index contributed by atoms with van der Waals surface area (Å²) < 4.78 is 6.33. The van der Waals surface area contributed by atoms with E-state index in [9.17, 15) is 9.90 Å². The quantitative estimate of drug-likeness (QED) is 0.753. The highest BCUT2D eigenvalue weighted by Gasteiger charge is 2.65. The molecule has 0 bridgehead atoms. The highest BCUT2D eigenvalue weighted by Crippen LogP contribution is 2.65. The Morgan fingerprint density at radius 3 is 2.42 bits per heavy atom. The molecule has 24 heavy (non-hydrogen) atoms. The van der Waals surface area contributed by atoms with Crippen molar-refractivity contribution in [3.05, 3.63) is 11.6 Å². The molecule has 6 atom stereocenters. The van der Waals surface area contributed by atoms with Gasteiger partial charge in [0.2, 0.25) is 0 Å². The normalized spacial score (nSPS) is 47.8. The topological polar surface area (TPSA) is 66.8 Å². The van der Waals surface area contributed by atoms with Crippen LogP contribution in [0.2, 0.25) is 0 Å². The Morgan fingerprint density at radius 1 is 1.12 bits per heavy atom. The first-order chi connectivity index (χ1) is 11.0. The Morgan fingerprint density at radius 2 is 1.79 bits per heavy atom. The van der Waals surface area contributed by atoms with Gasteiger partial charge in [0.25, 0.3) is 0 Å². The highest BCUT2D eigenvalue weighted by atomic mass is 16.5. The lowest BCUT2D eigenvalue weighted by Crippen LogP contribution is -2.61. The smallest absolute Gasteiger partial charge is 0.328 e. The summed E-state index contributed by atoms with van der Waals surface area (Å²) in [6.07, 6.45) is 5.76. The van der Waals surface area contributed by atoms with E-state index in [1.54, 1.807) is 0 Å². The predicted molar refractivity (Wildman–Crippen MR) is 92.6 cm³/mol. The van der Waals surface area contributed by atoms with Gasteiger partial charge in [0.1, 0.15) is 0 Å². The zero-order valence-electron chi connectivity index (χ0n) is 15.6. The Labute approximate surface area is 145 Å². The first kappa shape index (κ1) is 17.9. The number of carboxylic acids is 1. The first-order valence-electron chi connectivity index (χ1n) is 9.28. The number of rotatable bonds is 2. The van der Waals surface area contributed by atoms with Gasteiger partial charge in [-0.05, 0) is 67.8 Å². The van der Waals surface area contributed by atoms with E-state index in [-0.39, 0.29) is 22.9 Å². The van der Waals surface area contributed by atoms with E-state index in [2.05, 4.69) is 20.8 Å². The molecular weight excluding hydrogens is 304 g/mol. The number of hydrogen-bond donors (Lipinski definition) is 2. The second-order valence-corrected chi connectivity index (χ2v) is 9.46. The molecule has 1 heterocycles. The number of aliphatic hydroxyl groups is 1. The molecule has 1 aliphatic heterocycles. The van der Waals surface area contributed by atoms with Crippen molar-refractivity contribution >= 4 is 5.97 Å². The zero-order chi connectivity index (χ0) is 17.9. The van der Waals surface area contributed by atoms with Crippen molar-refractivity contribution in [1.82, 2.24) is 0 Å². The maximum absolute atomic E-state index is 11.0. The van der Waals surface area contributed by atoms with Gasteiger partial charge in [0.15, 0.2) is 0 Å². The van der Waals surface area contributed by atoms with Gasteiger partial charge in [-0.2, -0.15) is 0 Å². The van der Waals surface area contributed by atoms with E-state index in [0.29, 0.717) is 5.92 Å². The molecule has 3 aliphatic rings. The molecule has 0 radical (unpaired) electrons. The molecule has 0 amide bonds. The second-order valence-electron chi connectivity index (χ2n) is 9.46. The van der Waals surface area contributed by atoms with Crippen LogP contribution in [0, 0.1) is 22.7 Å². The Bertz CT molecular complexity index is 566. The maximum Gasteiger partial charge on any atom is 0.328 e. The molecule has 2 saturated carbocycles. The fourth-order valence-electron chi connectivity index (χ4n) is 6.31. The van der Waals surface area contributed by atoms with Gasteiger partial charge in [-0.3, -0.25) is 0 Å². The minimum Gasteiger partial charge on any atom is -0.478 e. The van der Waals surface area contributed by atoms with Crippen molar-refractivity contribution in [3.8, 4) is 0 Å². The molecule has 2 aliphatic carbocycles. The van der Waals surface area contributed by atoms with Gasteiger partial charge in [-0.25, -0.2) is 4.79 Å². The summed E-state index contributed by atoms with van der Waals surface area (Å²) in [4.78, 5) is 11.0. The number of carbonyl (C=O) groups is 1. The minimum atomic E-state index is -0.931. The molecule has 0 aromatic heterocycles. The van der Waals surface area contributed by atoms with Crippen molar-refractivity contribution in [2.45, 2.75) is 84.5 Å². The fourth-order valence-corrected chi connectivity index (χ4v) is 6.31. The average molecular weight is 336 g/mol. The number of aliphatic carboxylic acids is 1. The van der Waals surface area contributed by atoms with E-state index in [4.69, 9.17) is 9.84 Å². The number of ether oxygens (including phenoxy) is 1. The Balaban J connectivity index is 1.97. The van der Waals surface area contributed by atoms with Crippen LogP contribution in [0.3, 0.4) is 0 Å². The van der Waals surface area contributed by atoms with Crippen LogP contribution in [0.15, 0.2) is 11.6 Å². The van der Waals surface area contributed by atoms with Crippen LogP contribution in [0.25, 0.3) is 0 Å². The van der Waals surface area contributed by atoms with Gasteiger partial charge in [0, 0.05) is 6.08 Å². The molecule has 4 heteroatoms. The van der Waals surface area contributed by atoms with Gasteiger partial charge in [-0.1, -0.05) is 27.2 Å². The van der Waals surface area contributed by atoms with Crippen LogP contribution in [0.4, 0.5) is 0 Å². The maximum atomic E-state index is 11.0. The van der Waals surface area contributed by atoms with Gasteiger partial charge in [-0.15, -0.1) is 0 Å². The molecule has 0 spiro atoms. The summed E-state index contributed by atoms with van der Waals surface area (Å²) >= 11 is 0. The van der Waals surface area contributed by atoms with Crippen molar-refractivity contribution in [3.63, 3.8) is 0 Å². The van der Waals surface area contributed by atoms with E-state index >= 15 is 0 Å². The number of carboxylic acid groups (broad SMARTS) is 1. The number of fused-ring (bicyclic) bond motifs is 3. The second kappa shape index (κ2) is 5.57. The van der Waals surface area contributed by atoms with Gasteiger partial charge in [0.05, 0.1) is 17.8 Å². The molecule has 2 N–H and O–H groups in total. The monoisotopic (exact) mass is 336 g/mol. The van der Waals surface area contributed by atoms with Gasteiger partial charge >= 0.3 is 5.97 Å². The molecule has 3 fully saturated rings. The van der Waals surface area contributed by atoms with E-state index < -0.39 is 17.7 Å². The lowest BCUT2D eigenvalue weighted by molar-refractivity contribution is -0.207. The summed E-state index contributed by atoms with van der Waals surface area (Å²) in [5, 5.41) is 20.0. The lowest BCUT2D eigenvalue weighted by Gasteiger charge is -2.61. The molecule has 0 aromatic rings. The Kier molecular flexibility index (Phi) is 4.16. The molecule has 136 valence electrons. The highest BCUT2D eigenvalue weighted by molar-refractivity contribution is 5.80. The third-order valence-electron chi connectivity index (χ3n) is 7.59. The van der Waals surface area contributed by atoms with Gasteiger partial charge < -0.3 is 14.9 Å². The van der Waals surface area contributed by atoms with Crippen LogP contribution in [0.1, 0.15) is 66.7 Å². The summed E-state index contributed by atoms with van der Waals surface area (Å²) in [6, 6.07) is 0. The zero-order valence-corrected chi connectivity index (χ0v) is 15.6. The number of aliphatic hydroxyl groups excluding tert-OH is 1. The van der Waals surface area contributed by atoms with Crippen LogP contribution < -0.4 is 0 Å². The van der Waals surface area contributed by atoms with E-state index in [1.165, 1.54) is 25.3 Å². The summed E-state index contributed by atoms with van der Waals surface area (Å²) in [5.41, 5.74) is 0.560. The van der Waals surface area contributed by atoms with Crippen molar-refractivity contribution < 1.29 is 19.7 Å². The summed E-state index contributed by atoms with van der Waals surface area (Å²) in [7, 11) is 0. The number of hydrogen-bond acceptors (Lipinski definition) is 3. The van der Waals surface area contributed by atoms with Crippen molar-refractivity contribution in [1.29, 1.82) is 0 Å². The molecule has 1 saturated heterocycles. The molecule has 0 aromatic carbocycles. The van der Waals surface area contributed by atoms with Crippen LogP contribution in [-0.4, -0.2) is 34.0 Å². The minimum absolute atomic E-state index is 0.147. The summed E-state index contributed by atoms with van der Waals surface area (Å²) in [5.74, 6) is -0.182. The lowest BCUT2D eigenvalue weighted by atomic mass is 9.45. The standard InChI is InChI=1S/C20H32O4/c1-12(9-17(22)23)13-10-15-19(4)8-6-7-18(2,3)14(19)11-16(21)20(15,5)24-13/h9,13-16,21H,6-8,10-11H2,1-5H3,(H,22,23)/b12-9-/t13-,14-,15+,16-,19-,20-/m0/s1. The molecule has 3 rings (SSSR count). The van der Waals surface area contributed by atoms with Crippen molar-refractivity contribution in [2.75, 3.05) is 0 Å². The third-order valence-corrected chi connectivity index (χ3v) is 7.59. The van der Waals surface area contributed by atoms with E-state index in [1.807, 2.05) is 13.8 Å². The Hall–Kier alpha value is -0.870. The molecule has 4 nitrogen and oxygen atoms in total. The summed E-state index contributed by atoms with van der Waals surface area (Å²) in [6.45, 7) is 10.9. The molecular formula is C20H32O4. The van der Waals surface area contributed by atoms with Crippen LogP contribution in [0.5, 0.6) is 0 Å². The van der Waals surface area contributed by atoms with Crippen LogP contribution >= 0.6 is 0 Å². The first-order valence-corrected chi connectivity index (χ1v) is 9.28. The van der Waals surface area contributed by atoms with Crippen molar-refractivity contribution in [2.24, 2.45) is 22.7 Å². The third kappa shape index (κ3) is 2.53. The van der Waals surface area contributed by atoms with E-state index in [0.717, 1.165) is 18.4 Å². The largest absolute Gasteiger partial charge is 0.478 e. The predicted octanol–water partition coefficient (Wildman–Crippen LogP) is 3.78. The SMILES string of the molecule is C/C(=C/C(=O)O)[C@@H]1C[C@@H]2[C@@]3(C)CCCC(C)(C)[C@@H]3C[C@H](O)[C@@]2(C)O1. The van der Waals surface area contributed by atoms with Crippen LogP contribution in [-0.2, 0) is 9.53 Å².